The lowest BCUT2D eigenvalue weighted by Crippen LogP contribution is -2.46. The van der Waals surface area contributed by atoms with Crippen LogP contribution in [0.25, 0.3) is 0 Å². The van der Waals surface area contributed by atoms with Crippen molar-refractivity contribution in [3.8, 4) is 0 Å². The van der Waals surface area contributed by atoms with E-state index in [1.807, 2.05) is 16.8 Å². The Bertz CT molecular complexity index is 465. The summed E-state index contributed by atoms with van der Waals surface area (Å²) in [7, 11) is 0. The monoisotopic (exact) mass is 310 g/mol. The number of carboxylic acids is 1. The topological polar surface area (TPSA) is 78.4 Å². The third kappa shape index (κ3) is 4.46. The number of hydrogen-bond acceptors (Lipinski definition) is 3. The fraction of sp³-hybridized carbons (Fsp3) is 0.600. The van der Waals surface area contributed by atoms with E-state index < -0.39 is 11.4 Å². The van der Waals surface area contributed by atoms with Gasteiger partial charge in [-0.25, -0.2) is 4.79 Å². The van der Waals surface area contributed by atoms with Gasteiger partial charge in [0.05, 0.1) is 5.41 Å². The van der Waals surface area contributed by atoms with Gasteiger partial charge in [0.2, 0.25) is 0 Å². The van der Waals surface area contributed by atoms with Gasteiger partial charge in [-0.3, -0.25) is 4.79 Å². The zero-order chi connectivity index (χ0) is 15.1. The van der Waals surface area contributed by atoms with Crippen molar-refractivity contribution >= 4 is 23.3 Å². The van der Waals surface area contributed by atoms with Gasteiger partial charge in [-0.1, -0.05) is 25.7 Å². The third-order valence-corrected chi connectivity index (χ3v) is 4.87. The Balaban J connectivity index is 1.83. The number of urea groups is 1. The molecule has 21 heavy (non-hydrogen) atoms. The lowest BCUT2D eigenvalue weighted by atomic mass is 9.80. The predicted molar refractivity (Wildman–Crippen MR) is 82.3 cm³/mol. The van der Waals surface area contributed by atoms with Gasteiger partial charge in [0.1, 0.15) is 0 Å². The zero-order valence-electron chi connectivity index (χ0n) is 12.1. The van der Waals surface area contributed by atoms with Gasteiger partial charge in [0, 0.05) is 13.1 Å². The summed E-state index contributed by atoms with van der Waals surface area (Å²) in [6.07, 6.45) is 5.30. The highest BCUT2D eigenvalue weighted by Crippen LogP contribution is 2.34. The lowest BCUT2D eigenvalue weighted by molar-refractivity contribution is -0.149. The van der Waals surface area contributed by atoms with Gasteiger partial charge < -0.3 is 15.7 Å². The Morgan fingerprint density at radius 2 is 1.90 bits per heavy atom. The minimum atomic E-state index is -0.795. The molecular formula is C15H22N2O3S. The quantitative estimate of drug-likeness (QED) is 0.732. The summed E-state index contributed by atoms with van der Waals surface area (Å²) in [6, 6.07) is 1.65. The fourth-order valence-corrected chi connectivity index (χ4v) is 3.43. The van der Waals surface area contributed by atoms with Crippen LogP contribution in [-0.4, -0.2) is 23.7 Å². The normalized spacial score (nSPS) is 17.7. The second-order valence-electron chi connectivity index (χ2n) is 5.67. The number of carbonyl (C=O) groups is 2. The SMILES string of the molecule is O=C(NCc1ccsc1)NCC1(C(=O)O)CCCCCC1. The molecule has 2 amide bonds. The highest BCUT2D eigenvalue weighted by atomic mass is 32.1. The van der Waals surface area contributed by atoms with Gasteiger partial charge in [0.15, 0.2) is 0 Å². The molecule has 6 heteroatoms. The molecule has 0 radical (unpaired) electrons. The first-order valence-electron chi connectivity index (χ1n) is 7.39. The molecule has 116 valence electrons. The summed E-state index contributed by atoms with van der Waals surface area (Å²) in [5, 5.41) is 19.0. The number of nitrogens with one attached hydrogen (secondary N) is 2. The Morgan fingerprint density at radius 1 is 1.19 bits per heavy atom. The summed E-state index contributed by atoms with van der Waals surface area (Å²) in [6.45, 7) is 0.674. The predicted octanol–water partition coefficient (Wildman–Crippen LogP) is 2.97. The van der Waals surface area contributed by atoms with Crippen LogP contribution in [-0.2, 0) is 11.3 Å². The highest BCUT2D eigenvalue weighted by Gasteiger charge is 2.38. The van der Waals surface area contributed by atoms with Crippen LogP contribution in [0.2, 0.25) is 0 Å². The van der Waals surface area contributed by atoms with Crippen molar-refractivity contribution in [2.75, 3.05) is 6.54 Å². The number of rotatable bonds is 5. The van der Waals surface area contributed by atoms with Crippen molar-refractivity contribution in [3.63, 3.8) is 0 Å². The number of thiophene rings is 1. The molecule has 3 N–H and O–H groups in total. The van der Waals surface area contributed by atoms with Crippen molar-refractivity contribution in [2.24, 2.45) is 5.41 Å². The van der Waals surface area contributed by atoms with Crippen LogP contribution in [0.4, 0.5) is 4.79 Å². The first-order chi connectivity index (χ1) is 10.1. The minimum absolute atomic E-state index is 0.206. The lowest BCUT2D eigenvalue weighted by Gasteiger charge is -2.28. The molecule has 1 heterocycles. The summed E-state index contributed by atoms with van der Waals surface area (Å²) in [5.74, 6) is -0.789. The number of carbonyl (C=O) groups excluding carboxylic acids is 1. The molecule has 2 rings (SSSR count). The number of carboxylic acid groups (broad SMARTS) is 1. The zero-order valence-corrected chi connectivity index (χ0v) is 12.9. The molecule has 0 bridgehead atoms. The van der Waals surface area contributed by atoms with E-state index >= 15 is 0 Å². The fourth-order valence-electron chi connectivity index (χ4n) is 2.76. The summed E-state index contributed by atoms with van der Waals surface area (Å²) >= 11 is 1.58. The third-order valence-electron chi connectivity index (χ3n) is 4.13. The minimum Gasteiger partial charge on any atom is -0.481 e. The molecule has 1 aromatic heterocycles. The largest absolute Gasteiger partial charge is 0.481 e. The maximum atomic E-state index is 11.8. The molecule has 0 unspecified atom stereocenters. The molecule has 0 saturated heterocycles. The first kappa shape index (κ1) is 15.8. The second-order valence-corrected chi connectivity index (χ2v) is 6.45. The van der Waals surface area contributed by atoms with Crippen molar-refractivity contribution < 1.29 is 14.7 Å². The molecule has 1 fully saturated rings. The Kier molecular flexibility index (Phi) is 5.61. The van der Waals surface area contributed by atoms with E-state index in [9.17, 15) is 14.7 Å². The molecule has 0 aliphatic heterocycles. The molecule has 5 nitrogen and oxygen atoms in total. The van der Waals surface area contributed by atoms with Crippen LogP contribution in [0, 0.1) is 5.41 Å². The smallest absolute Gasteiger partial charge is 0.315 e. The van der Waals surface area contributed by atoms with Crippen molar-refractivity contribution in [3.05, 3.63) is 22.4 Å². The Morgan fingerprint density at radius 3 is 2.48 bits per heavy atom. The van der Waals surface area contributed by atoms with Crippen LogP contribution in [0.5, 0.6) is 0 Å². The van der Waals surface area contributed by atoms with E-state index in [0.29, 0.717) is 19.4 Å². The van der Waals surface area contributed by atoms with Crippen molar-refractivity contribution in [2.45, 2.75) is 45.1 Å². The van der Waals surface area contributed by atoms with Crippen LogP contribution >= 0.6 is 11.3 Å². The molecule has 0 atom stereocenters. The second kappa shape index (κ2) is 7.45. The van der Waals surface area contributed by atoms with E-state index in [-0.39, 0.29) is 12.6 Å². The molecule has 1 aromatic rings. The molecule has 1 saturated carbocycles. The molecule has 1 aliphatic carbocycles. The first-order valence-corrected chi connectivity index (χ1v) is 8.33. The summed E-state index contributed by atoms with van der Waals surface area (Å²) in [4.78, 5) is 23.4. The number of hydrogen-bond donors (Lipinski definition) is 3. The molecule has 1 aliphatic rings. The van der Waals surface area contributed by atoms with Crippen LogP contribution in [0.3, 0.4) is 0 Å². The summed E-state index contributed by atoms with van der Waals surface area (Å²) < 4.78 is 0. The van der Waals surface area contributed by atoms with Crippen LogP contribution in [0.15, 0.2) is 16.8 Å². The van der Waals surface area contributed by atoms with Gasteiger partial charge in [-0.15, -0.1) is 0 Å². The number of amides is 2. The summed E-state index contributed by atoms with van der Waals surface area (Å²) in [5.41, 5.74) is 0.258. The number of aliphatic carboxylic acids is 1. The van der Waals surface area contributed by atoms with Crippen LogP contribution < -0.4 is 10.6 Å². The van der Waals surface area contributed by atoms with E-state index in [1.54, 1.807) is 11.3 Å². The standard InChI is InChI=1S/C15H22N2O3S/c18-13(19)15(6-3-1-2-4-7-15)11-17-14(20)16-9-12-5-8-21-10-12/h5,8,10H,1-4,6-7,9,11H2,(H,18,19)(H2,16,17,20). The molecule has 0 aromatic carbocycles. The highest BCUT2D eigenvalue weighted by molar-refractivity contribution is 7.07. The van der Waals surface area contributed by atoms with Crippen LogP contribution in [0.1, 0.15) is 44.1 Å². The van der Waals surface area contributed by atoms with Gasteiger partial charge in [0.25, 0.3) is 0 Å². The van der Waals surface area contributed by atoms with Gasteiger partial charge in [-0.2, -0.15) is 11.3 Å². The Hall–Kier alpha value is -1.56. The van der Waals surface area contributed by atoms with Gasteiger partial charge in [-0.05, 0) is 35.2 Å². The molecule has 0 spiro atoms. The van der Waals surface area contributed by atoms with E-state index in [4.69, 9.17) is 0 Å². The van der Waals surface area contributed by atoms with Gasteiger partial charge >= 0.3 is 12.0 Å². The maximum Gasteiger partial charge on any atom is 0.315 e. The average Bonchev–Trinajstić information content (AvgIpc) is 2.87. The molecular weight excluding hydrogens is 288 g/mol. The average molecular weight is 310 g/mol. The van der Waals surface area contributed by atoms with E-state index in [2.05, 4.69) is 10.6 Å². The Labute approximate surface area is 128 Å². The van der Waals surface area contributed by atoms with Crippen molar-refractivity contribution in [1.29, 1.82) is 0 Å². The van der Waals surface area contributed by atoms with E-state index in [1.165, 1.54) is 0 Å². The van der Waals surface area contributed by atoms with E-state index in [0.717, 1.165) is 31.2 Å². The maximum absolute atomic E-state index is 11.8. The van der Waals surface area contributed by atoms with Crippen molar-refractivity contribution in [1.82, 2.24) is 10.6 Å².